The second-order valence-corrected chi connectivity index (χ2v) is 11.6. The SMILES string of the molecule is CC[C@@H](C)NC(=O)CN1C(=O)CS[C@H](c2ccccc2Cl)c2c(-c3ccccc3)nn(C(C)(C)C)c21. The highest BCUT2D eigenvalue weighted by Crippen LogP contribution is 2.50. The number of amides is 2. The third-order valence-corrected chi connectivity index (χ3v) is 7.86. The molecular weight excluding hydrogens is 492 g/mol. The van der Waals surface area contributed by atoms with Crippen LogP contribution in [0.4, 0.5) is 5.82 Å². The standard InChI is InChI=1S/C28H33ClN4O2S/c1-6-18(2)30-22(34)16-32-23(35)17-36-26(20-14-10-11-15-21(20)29)24-25(19-12-8-7-9-13-19)31-33(27(24)32)28(3,4)5/h7-15,18,26H,6,16-17H2,1-5H3,(H,30,34)/t18-,26-/m1/s1. The van der Waals surface area contributed by atoms with Gasteiger partial charge in [-0.1, -0.05) is 67.1 Å². The maximum atomic E-state index is 13.6. The molecule has 1 aliphatic rings. The molecule has 6 nitrogen and oxygen atoms in total. The number of hydrogen-bond acceptors (Lipinski definition) is 4. The number of anilines is 1. The average Bonchev–Trinajstić information content (AvgIpc) is 3.19. The predicted molar refractivity (Wildman–Crippen MR) is 149 cm³/mol. The summed E-state index contributed by atoms with van der Waals surface area (Å²) in [5.74, 6) is 0.563. The maximum absolute atomic E-state index is 13.6. The van der Waals surface area contributed by atoms with E-state index in [2.05, 4.69) is 26.1 Å². The smallest absolute Gasteiger partial charge is 0.240 e. The van der Waals surface area contributed by atoms with E-state index in [1.165, 1.54) is 11.8 Å². The zero-order valence-corrected chi connectivity index (χ0v) is 23.0. The zero-order chi connectivity index (χ0) is 26.0. The molecule has 2 heterocycles. The Hall–Kier alpha value is -2.77. The van der Waals surface area contributed by atoms with Crippen LogP contribution in [0.25, 0.3) is 11.3 Å². The van der Waals surface area contributed by atoms with Gasteiger partial charge in [0, 0.05) is 22.2 Å². The molecular formula is C28H33ClN4O2S. The van der Waals surface area contributed by atoms with Crippen molar-refractivity contribution in [2.75, 3.05) is 17.2 Å². The van der Waals surface area contributed by atoms with Crippen molar-refractivity contribution in [3.63, 3.8) is 0 Å². The first-order chi connectivity index (χ1) is 17.1. The number of aromatic nitrogens is 2. The molecule has 8 heteroatoms. The van der Waals surface area contributed by atoms with Gasteiger partial charge in [0.1, 0.15) is 12.4 Å². The summed E-state index contributed by atoms with van der Waals surface area (Å²) in [6.07, 6.45) is 0.813. The Morgan fingerprint density at radius 2 is 1.83 bits per heavy atom. The fourth-order valence-corrected chi connectivity index (χ4v) is 5.84. The number of thioether (sulfide) groups is 1. The second kappa shape index (κ2) is 10.7. The highest BCUT2D eigenvalue weighted by molar-refractivity contribution is 8.00. The molecule has 2 aromatic carbocycles. The van der Waals surface area contributed by atoms with Gasteiger partial charge in [0.25, 0.3) is 0 Å². The van der Waals surface area contributed by atoms with Crippen LogP contribution in [0.1, 0.15) is 57.4 Å². The average molecular weight is 525 g/mol. The zero-order valence-electron chi connectivity index (χ0n) is 21.4. The van der Waals surface area contributed by atoms with Crippen molar-refractivity contribution >= 4 is 41.0 Å². The number of rotatable bonds is 6. The Morgan fingerprint density at radius 1 is 1.17 bits per heavy atom. The summed E-state index contributed by atoms with van der Waals surface area (Å²) in [7, 11) is 0. The second-order valence-electron chi connectivity index (χ2n) is 10.1. The molecule has 190 valence electrons. The van der Waals surface area contributed by atoms with Crippen LogP contribution in [0.5, 0.6) is 0 Å². The van der Waals surface area contributed by atoms with Gasteiger partial charge in [0.05, 0.1) is 22.2 Å². The lowest BCUT2D eigenvalue weighted by molar-refractivity contribution is -0.123. The highest BCUT2D eigenvalue weighted by atomic mass is 35.5. The Labute approximate surface area is 222 Å². The molecule has 1 aromatic heterocycles. The lowest BCUT2D eigenvalue weighted by Crippen LogP contribution is -2.45. The van der Waals surface area contributed by atoms with Gasteiger partial charge in [-0.2, -0.15) is 5.10 Å². The molecule has 0 bridgehead atoms. The van der Waals surface area contributed by atoms with Crippen LogP contribution in [0, 0.1) is 0 Å². The van der Waals surface area contributed by atoms with E-state index in [0.717, 1.165) is 28.8 Å². The largest absolute Gasteiger partial charge is 0.352 e. The van der Waals surface area contributed by atoms with Gasteiger partial charge in [0.15, 0.2) is 0 Å². The van der Waals surface area contributed by atoms with E-state index in [4.69, 9.17) is 16.7 Å². The molecule has 1 aliphatic heterocycles. The lowest BCUT2D eigenvalue weighted by Gasteiger charge is -2.29. The molecule has 0 saturated carbocycles. The maximum Gasteiger partial charge on any atom is 0.240 e. The topological polar surface area (TPSA) is 67.2 Å². The number of carbonyl (C=O) groups is 2. The first kappa shape index (κ1) is 26.3. The Kier molecular flexibility index (Phi) is 7.81. The van der Waals surface area contributed by atoms with Crippen LogP contribution in [0.2, 0.25) is 5.02 Å². The van der Waals surface area contributed by atoms with Gasteiger partial charge in [-0.05, 0) is 45.7 Å². The predicted octanol–water partition coefficient (Wildman–Crippen LogP) is 6.04. The van der Waals surface area contributed by atoms with E-state index < -0.39 is 5.54 Å². The fourth-order valence-electron chi connectivity index (χ4n) is 4.30. The molecule has 0 saturated heterocycles. The molecule has 2 atom stereocenters. The number of fused-ring (bicyclic) bond motifs is 1. The van der Waals surface area contributed by atoms with E-state index in [-0.39, 0.29) is 35.4 Å². The van der Waals surface area contributed by atoms with Crippen LogP contribution in [0.15, 0.2) is 54.6 Å². The fraction of sp³-hybridized carbons (Fsp3) is 0.393. The van der Waals surface area contributed by atoms with E-state index >= 15 is 0 Å². The van der Waals surface area contributed by atoms with Crippen molar-refractivity contribution in [1.82, 2.24) is 15.1 Å². The minimum atomic E-state index is -0.442. The van der Waals surface area contributed by atoms with Crippen LogP contribution < -0.4 is 10.2 Å². The number of carbonyl (C=O) groups excluding carboxylic acids is 2. The Morgan fingerprint density at radius 3 is 2.47 bits per heavy atom. The summed E-state index contributed by atoms with van der Waals surface area (Å²) in [4.78, 5) is 28.2. The Bertz CT molecular complexity index is 1250. The summed E-state index contributed by atoms with van der Waals surface area (Å²) in [5, 5.41) is 8.50. The van der Waals surface area contributed by atoms with E-state index in [1.54, 1.807) is 4.90 Å². The molecule has 0 fully saturated rings. The van der Waals surface area contributed by atoms with Gasteiger partial charge >= 0.3 is 0 Å². The lowest BCUT2D eigenvalue weighted by atomic mass is 9.99. The number of benzene rings is 2. The summed E-state index contributed by atoms with van der Waals surface area (Å²) < 4.78 is 1.90. The van der Waals surface area contributed by atoms with E-state index in [0.29, 0.717) is 10.8 Å². The summed E-state index contributed by atoms with van der Waals surface area (Å²) in [6.45, 7) is 10.1. The van der Waals surface area contributed by atoms with Gasteiger partial charge in [0.2, 0.25) is 11.8 Å². The van der Waals surface area contributed by atoms with Crippen molar-refractivity contribution in [2.45, 2.75) is 57.9 Å². The van der Waals surface area contributed by atoms with Gasteiger partial charge in [-0.3, -0.25) is 14.5 Å². The third kappa shape index (κ3) is 5.32. The number of nitrogens with zero attached hydrogens (tertiary/aromatic N) is 3. The molecule has 1 N–H and O–H groups in total. The third-order valence-electron chi connectivity index (χ3n) is 6.28. The first-order valence-corrected chi connectivity index (χ1v) is 13.7. The van der Waals surface area contributed by atoms with Crippen molar-refractivity contribution in [3.05, 3.63) is 70.7 Å². The van der Waals surface area contributed by atoms with Gasteiger partial charge in [-0.25, -0.2) is 4.68 Å². The van der Waals surface area contributed by atoms with Crippen LogP contribution >= 0.6 is 23.4 Å². The summed E-state index contributed by atoms with van der Waals surface area (Å²) >= 11 is 8.22. The summed E-state index contributed by atoms with van der Waals surface area (Å²) in [6, 6.07) is 17.7. The molecule has 36 heavy (non-hydrogen) atoms. The van der Waals surface area contributed by atoms with E-state index in [1.807, 2.05) is 73.1 Å². The highest BCUT2D eigenvalue weighted by Gasteiger charge is 2.39. The monoisotopic (exact) mass is 524 g/mol. The molecule has 0 spiro atoms. The normalized spacial score (nSPS) is 16.9. The van der Waals surface area contributed by atoms with Crippen LogP contribution in [-0.2, 0) is 15.1 Å². The first-order valence-electron chi connectivity index (χ1n) is 12.3. The van der Waals surface area contributed by atoms with Crippen molar-refractivity contribution in [2.24, 2.45) is 0 Å². The molecule has 0 unspecified atom stereocenters. The van der Waals surface area contributed by atoms with Gasteiger partial charge in [-0.15, -0.1) is 11.8 Å². The van der Waals surface area contributed by atoms with Crippen molar-refractivity contribution in [1.29, 1.82) is 0 Å². The molecule has 0 radical (unpaired) electrons. The number of hydrogen-bond donors (Lipinski definition) is 1. The number of halogens is 1. The molecule has 2 amide bonds. The van der Waals surface area contributed by atoms with Crippen LogP contribution in [-0.4, -0.2) is 39.9 Å². The number of nitrogens with one attached hydrogen (secondary N) is 1. The molecule has 4 rings (SSSR count). The summed E-state index contributed by atoms with van der Waals surface area (Å²) in [5.41, 5.74) is 3.13. The van der Waals surface area contributed by atoms with Gasteiger partial charge < -0.3 is 5.32 Å². The minimum absolute atomic E-state index is 0.0247. The van der Waals surface area contributed by atoms with Crippen LogP contribution in [0.3, 0.4) is 0 Å². The van der Waals surface area contributed by atoms with E-state index in [9.17, 15) is 9.59 Å². The molecule has 3 aromatic rings. The minimum Gasteiger partial charge on any atom is -0.352 e. The molecule has 0 aliphatic carbocycles. The quantitative estimate of drug-likeness (QED) is 0.426. The van der Waals surface area contributed by atoms with Crippen molar-refractivity contribution < 1.29 is 9.59 Å². The Balaban J connectivity index is 1.98. The van der Waals surface area contributed by atoms with Crippen molar-refractivity contribution in [3.8, 4) is 11.3 Å².